The van der Waals surface area contributed by atoms with Crippen molar-refractivity contribution in [1.29, 1.82) is 0 Å². The summed E-state index contributed by atoms with van der Waals surface area (Å²) < 4.78 is 5.81. The van der Waals surface area contributed by atoms with Crippen molar-refractivity contribution in [2.75, 3.05) is 13.6 Å². The first-order chi connectivity index (χ1) is 10.7. The van der Waals surface area contributed by atoms with Crippen LogP contribution in [0.2, 0.25) is 5.02 Å². The third kappa shape index (κ3) is 5.58. The van der Waals surface area contributed by atoms with Gasteiger partial charge in [-0.3, -0.25) is 4.99 Å². The van der Waals surface area contributed by atoms with Crippen LogP contribution in [0.3, 0.4) is 0 Å². The zero-order valence-electron chi connectivity index (χ0n) is 12.7. The molecule has 1 unspecified atom stereocenters. The van der Waals surface area contributed by atoms with E-state index in [4.69, 9.17) is 16.3 Å². The number of ether oxygens (including phenoxy) is 1. The molecule has 0 aliphatic rings. The van der Waals surface area contributed by atoms with E-state index in [2.05, 4.69) is 32.5 Å². The van der Waals surface area contributed by atoms with Crippen molar-refractivity contribution in [3.05, 3.63) is 51.7 Å². The van der Waals surface area contributed by atoms with E-state index in [1.165, 1.54) is 5.56 Å². The molecule has 22 heavy (non-hydrogen) atoms. The van der Waals surface area contributed by atoms with Crippen molar-refractivity contribution in [2.45, 2.75) is 19.6 Å². The molecule has 0 radical (unpaired) electrons. The Morgan fingerprint density at radius 3 is 2.68 bits per heavy atom. The van der Waals surface area contributed by atoms with E-state index < -0.39 is 0 Å². The summed E-state index contributed by atoms with van der Waals surface area (Å²) >= 11 is 7.55. The normalized spacial score (nSPS) is 12.8. The predicted octanol–water partition coefficient (Wildman–Crippen LogP) is 3.53. The van der Waals surface area contributed by atoms with Gasteiger partial charge in [0.2, 0.25) is 0 Å². The van der Waals surface area contributed by atoms with Gasteiger partial charge in [-0.1, -0.05) is 11.6 Å². The number of hydrogen-bond donors (Lipinski definition) is 2. The molecule has 1 atom stereocenters. The summed E-state index contributed by atoms with van der Waals surface area (Å²) in [5.41, 5.74) is 1.25. The topological polar surface area (TPSA) is 45.7 Å². The Labute approximate surface area is 140 Å². The number of rotatable bonds is 6. The fourth-order valence-corrected chi connectivity index (χ4v) is 2.62. The van der Waals surface area contributed by atoms with Crippen LogP contribution in [0.25, 0.3) is 0 Å². The fourth-order valence-electron chi connectivity index (χ4n) is 1.83. The van der Waals surface area contributed by atoms with Crippen molar-refractivity contribution < 1.29 is 4.74 Å². The van der Waals surface area contributed by atoms with Gasteiger partial charge in [0.25, 0.3) is 0 Å². The van der Waals surface area contributed by atoms with Crippen molar-refractivity contribution in [3.8, 4) is 5.75 Å². The second kappa shape index (κ2) is 8.66. The maximum Gasteiger partial charge on any atom is 0.191 e. The van der Waals surface area contributed by atoms with Crippen molar-refractivity contribution >= 4 is 28.9 Å². The Balaban J connectivity index is 1.73. The van der Waals surface area contributed by atoms with Crippen LogP contribution >= 0.6 is 22.9 Å². The average Bonchev–Trinajstić information content (AvgIpc) is 3.03. The van der Waals surface area contributed by atoms with Crippen LogP contribution in [0.1, 0.15) is 12.5 Å². The molecule has 0 aliphatic carbocycles. The van der Waals surface area contributed by atoms with Gasteiger partial charge in [0.05, 0.1) is 6.54 Å². The third-order valence-corrected chi connectivity index (χ3v) is 3.96. The smallest absolute Gasteiger partial charge is 0.191 e. The maximum atomic E-state index is 5.86. The molecule has 0 fully saturated rings. The molecule has 1 aromatic heterocycles. The molecule has 2 aromatic rings. The van der Waals surface area contributed by atoms with E-state index in [1.807, 2.05) is 31.2 Å². The lowest BCUT2D eigenvalue weighted by Crippen LogP contribution is -2.41. The second-order valence-corrected chi connectivity index (χ2v) is 6.04. The quantitative estimate of drug-likeness (QED) is 0.626. The number of halogens is 1. The summed E-state index contributed by atoms with van der Waals surface area (Å²) in [5, 5.41) is 11.4. The molecule has 1 aromatic carbocycles. The van der Waals surface area contributed by atoms with Crippen LogP contribution in [0.15, 0.2) is 46.1 Å². The largest absolute Gasteiger partial charge is 0.489 e. The molecule has 0 saturated heterocycles. The SMILES string of the molecule is CN=C(NCc1ccsc1)NCC(C)Oc1ccc(Cl)cc1. The number of benzene rings is 1. The lowest BCUT2D eigenvalue weighted by atomic mass is 10.3. The Morgan fingerprint density at radius 2 is 2.05 bits per heavy atom. The summed E-state index contributed by atoms with van der Waals surface area (Å²) in [6.45, 7) is 3.43. The zero-order valence-corrected chi connectivity index (χ0v) is 14.2. The van der Waals surface area contributed by atoms with E-state index in [0.717, 1.165) is 18.3 Å². The van der Waals surface area contributed by atoms with E-state index in [-0.39, 0.29) is 6.10 Å². The number of nitrogens with zero attached hydrogens (tertiary/aromatic N) is 1. The van der Waals surface area contributed by atoms with Gasteiger partial charge in [0, 0.05) is 18.6 Å². The van der Waals surface area contributed by atoms with Gasteiger partial charge in [0.15, 0.2) is 5.96 Å². The molecule has 2 N–H and O–H groups in total. The molecule has 6 heteroatoms. The highest BCUT2D eigenvalue weighted by atomic mass is 35.5. The highest BCUT2D eigenvalue weighted by molar-refractivity contribution is 7.07. The number of aliphatic imine (C=N–C) groups is 1. The van der Waals surface area contributed by atoms with Crippen LogP contribution in [-0.4, -0.2) is 25.7 Å². The molecule has 4 nitrogen and oxygen atoms in total. The Kier molecular flexibility index (Phi) is 6.55. The second-order valence-electron chi connectivity index (χ2n) is 4.82. The minimum absolute atomic E-state index is 0.0147. The van der Waals surface area contributed by atoms with Crippen molar-refractivity contribution in [1.82, 2.24) is 10.6 Å². The first-order valence-corrected chi connectivity index (χ1v) is 8.37. The summed E-state index contributed by atoms with van der Waals surface area (Å²) in [6.07, 6.45) is 0.0147. The Bertz CT molecular complexity index is 584. The third-order valence-electron chi connectivity index (χ3n) is 2.97. The molecule has 0 spiro atoms. The first-order valence-electron chi connectivity index (χ1n) is 7.05. The minimum Gasteiger partial charge on any atom is -0.489 e. The van der Waals surface area contributed by atoms with E-state index in [1.54, 1.807) is 18.4 Å². The molecule has 0 amide bonds. The average molecular weight is 338 g/mol. The molecular formula is C16H20ClN3OS. The monoisotopic (exact) mass is 337 g/mol. The number of hydrogen-bond acceptors (Lipinski definition) is 3. The van der Waals surface area contributed by atoms with Crippen LogP contribution in [-0.2, 0) is 6.54 Å². The lowest BCUT2D eigenvalue weighted by molar-refractivity contribution is 0.224. The van der Waals surface area contributed by atoms with Gasteiger partial charge >= 0.3 is 0 Å². The Morgan fingerprint density at radius 1 is 1.27 bits per heavy atom. The van der Waals surface area contributed by atoms with E-state index in [0.29, 0.717) is 11.6 Å². The van der Waals surface area contributed by atoms with Gasteiger partial charge in [-0.2, -0.15) is 11.3 Å². The summed E-state index contributed by atoms with van der Waals surface area (Å²) in [5.74, 6) is 1.57. The molecule has 118 valence electrons. The standard InChI is InChI=1S/C16H20ClN3OS/c1-12(21-15-5-3-14(17)4-6-15)9-19-16(18-2)20-10-13-7-8-22-11-13/h3-8,11-12H,9-10H2,1-2H3,(H2,18,19,20). The highest BCUT2D eigenvalue weighted by Gasteiger charge is 2.06. The highest BCUT2D eigenvalue weighted by Crippen LogP contribution is 2.16. The summed E-state index contributed by atoms with van der Waals surface area (Å²) in [4.78, 5) is 4.20. The predicted molar refractivity (Wildman–Crippen MR) is 94.1 cm³/mol. The number of thiophene rings is 1. The lowest BCUT2D eigenvalue weighted by Gasteiger charge is -2.17. The number of guanidine groups is 1. The molecule has 2 rings (SSSR count). The van der Waals surface area contributed by atoms with E-state index in [9.17, 15) is 0 Å². The van der Waals surface area contributed by atoms with Gasteiger partial charge in [-0.25, -0.2) is 0 Å². The molecular weight excluding hydrogens is 318 g/mol. The summed E-state index contributed by atoms with van der Waals surface area (Å²) in [6, 6.07) is 9.46. The molecule has 0 saturated carbocycles. The van der Waals surface area contributed by atoms with Gasteiger partial charge < -0.3 is 15.4 Å². The summed E-state index contributed by atoms with van der Waals surface area (Å²) in [7, 11) is 1.76. The van der Waals surface area contributed by atoms with Gasteiger partial charge in [-0.05, 0) is 53.6 Å². The number of nitrogens with one attached hydrogen (secondary N) is 2. The van der Waals surface area contributed by atoms with E-state index >= 15 is 0 Å². The van der Waals surface area contributed by atoms with Gasteiger partial charge in [0.1, 0.15) is 11.9 Å². The molecule has 0 bridgehead atoms. The first kappa shape index (κ1) is 16.6. The molecule has 0 aliphatic heterocycles. The van der Waals surface area contributed by atoms with Crippen LogP contribution in [0.5, 0.6) is 5.75 Å². The van der Waals surface area contributed by atoms with Crippen LogP contribution < -0.4 is 15.4 Å². The zero-order chi connectivity index (χ0) is 15.8. The molecule has 1 heterocycles. The fraction of sp³-hybridized carbons (Fsp3) is 0.312. The van der Waals surface area contributed by atoms with Crippen LogP contribution in [0.4, 0.5) is 0 Å². The van der Waals surface area contributed by atoms with Gasteiger partial charge in [-0.15, -0.1) is 0 Å². The van der Waals surface area contributed by atoms with Crippen molar-refractivity contribution in [2.24, 2.45) is 4.99 Å². The Hall–Kier alpha value is -1.72. The van der Waals surface area contributed by atoms with Crippen molar-refractivity contribution in [3.63, 3.8) is 0 Å². The minimum atomic E-state index is 0.0147. The van der Waals surface area contributed by atoms with Crippen LogP contribution in [0, 0.1) is 0 Å². The maximum absolute atomic E-state index is 5.86.